The van der Waals surface area contributed by atoms with Crippen molar-refractivity contribution < 1.29 is 34.2 Å². The van der Waals surface area contributed by atoms with E-state index < -0.39 is 11.7 Å². The maximum atomic E-state index is 13.0. The maximum absolute atomic E-state index is 13.0. The summed E-state index contributed by atoms with van der Waals surface area (Å²) in [6.07, 6.45) is 9.64. The van der Waals surface area contributed by atoms with Crippen molar-refractivity contribution in [2.45, 2.75) is 131 Å². The molecule has 5 aromatic carbocycles. The van der Waals surface area contributed by atoms with Gasteiger partial charge < -0.3 is 34.7 Å². The first-order chi connectivity index (χ1) is 35.1. The number of aromatic hydroxyl groups is 1. The number of nitro groups is 1. The van der Waals surface area contributed by atoms with Crippen LogP contribution >= 0.6 is 0 Å². The lowest BCUT2D eigenvalue weighted by Gasteiger charge is -2.44. The van der Waals surface area contributed by atoms with E-state index in [1.54, 1.807) is 24.3 Å². The number of carboxylic acids is 1. The molecule has 0 bridgehead atoms. The number of rotatable bonds is 16. The number of nitro benzene ring substituents is 1. The standard InChI is InChI=1S/C61H69N5O8/c1-36-34-59(6,7)64(28-15-11-12-18-54(67)62-26-27-63-61(10)25-23-43-40(5)56(68)38(3)39(4)57(43)74-61)50-32-52-48(30-46(36)50)55(44-16-13-14-17-45(44)58(69)70)49-31-47-37(2)35-60(8,9)65(51(47)33-53(49)73-52)29-24-41-19-21-42(22-20-41)66(71)72/h13-14,16-17,19-22,30-35,63H,11-12,15,18,23-29H2,1-10H3,(H2-,62,67,68,69,70). The number of non-ortho nitro benzene ring substituents is 1. The smallest absolute Gasteiger partial charge is 0.269 e. The fourth-order valence-electron chi connectivity index (χ4n) is 11.8. The zero-order chi connectivity index (χ0) is 53.0. The van der Waals surface area contributed by atoms with Crippen LogP contribution in [-0.4, -0.2) is 64.9 Å². The number of anilines is 1. The molecule has 0 aliphatic carbocycles. The number of aromatic carboxylic acids is 1. The van der Waals surface area contributed by atoms with Gasteiger partial charge in [-0.1, -0.05) is 42.5 Å². The molecule has 13 heteroatoms. The summed E-state index contributed by atoms with van der Waals surface area (Å²) in [5.74, 6) is 1.17. The molecule has 0 fully saturated rings. The van der Waals surface area contributed by atoms with Gasteiger partial charge in [-0.15, -0.1) is 0 Å². The Bertz CT molecular complexity index is 3330. The van der Waals surface area contributed by atoms with E-state index in [1.807, 2.05) is 52.0 Å². The van der Waals surface area contributed by atoms with Crippen molar-refractivity contribution in [1.29, 1.82) is 0 Å². The average Bonchev–Trinajstić information content (AvgIpc) is 3.35. The predicted molar refractivity (Wildman–Crippen MR) is 289 cm³/mol. The van der Waals surface area contributed by atoms with E-state index in [2.05, 4.69) is 98.1 Å². The van der Waals surface area contributed by atoms with E-state index in [-0.39, 0.29) is 33.2 Å². The number of carbonyl (C=O) groups excluding carboxylic acids is 2. The van der Waals surface area contributed by atoms with E-state index in [0.29, 0.717) is 55.3 Å². The van der Waals surface area contributed by atoms with Crippen LogP contribution in [0.1, 0.15) is 141 Å². The Labute approximate surface area is 434 Å². The monoisotopic (exact) mass is 1000 g/mol. The average molecular weight is 1000 g/mol. The number of unbranched alkanes of at least 4 members (excludes halogenated alkanes) is 2. The highest BCUT2D eigenvalue weighted by atomic mass is 16.6. The number of hydrogen-bond acceptors (Lipinski definition) is 10. The minimum absolute atomic E-state index is 0.0200. The normalized spacial score (nSPS) is 17.8. The van der Waals surface area contributed by atoms with Gasteiger partial charge in [0, 0.05) is 115 Å². The lowest BCUT2D eigenvalue weighted by Crippen LogP contribution is -2.52. The fraction of sp³-hybridized carbons (Fsp3) is 0.393. The number of carbonyl (C=O) groups is 2. The molecule has 0 saturated heterocycles. The second-order valence-electron chi connectivity index (χ2n) is 21.9. The zero-order valence-corrected chi connectivity index (χ0v) is 44.5. The number of nitrogens with zero attached hydrogens (tertiary/aromatic N) is 3. The molecule has 4 aliphatic heterocycles. The van der Waals surface area contributed by atoms with Gasteiger partial charge in [-0.05, 0) is 138 Å². The Morgan fingerprint density at radius 1 is 0.811 bits per heavy atom. The van der Waals surface area contributed by atoms with Crippen LogP contribution in [0.2, 0.25) is 0 Å². The van der Waals surface area contributed by atoms with E-state index in [0.717, 1.165) is 122 Å². The van der Waals surface area contributed by atoms with Crippen molar-refractivity contribution in [3.05, 3.63) is 161 Å². The van der Waals surface area contributed by atoms with Gasteiger partial charge in [0.15, 0.2) is 11.3 Å². The molecule has 1 unspecified atom stereocenters. The number of fused-ring (bicyclic) bond motifs is 5. The van der Waals surface area contributed by atoms with Crippen molar-refractivity contribution in [1.82, 2.24) is 15.2 Å². The number of amides is 1. The minimum atomic E-state index is -1.26. The Balaban J connectivity index is 0.954. The highest BCUT2D eigenvalue weighted by Gasteiger charge is 2.38. The molecule has 0 radical (unpaired) electrons. The first-order valence-corrected chi connectivity index (χ1v) is 26.0. The van der Waals surface area contributed by atoms with Crippen molar-refractivity contribution in [3.63, 3.8) is 0 Å². The molecule has 5 aromatic rings. The van der Waals surface area contributed by atoms with Crippen molar-refractivity contribution in [3.8, 4) is 23.0 Å². The number of ether oxygens (including phenoxy) is 2. The summed E-state index contributed by atoms with van der Waals surface area (Å²) < 4.78 is 16.0. The molecular weight excluding hydrogens is 931 g/mol. The number of hydrogen-bond donors (Lipinski definition) is 3. The largest absolute Gasteiger partial charge is 0.545 e. The zero-order valence-electron chi connectivity index (χ0n) is 44.5. The molecule has 74 heavy (non-hydrogen) atoms. The molecule has 1 amide bonds. The van der Waals surface area contributed by atoms with Crippen molar-refractivity contribution >= 4 is 40.0 Å². The van der Waals surface area contributed by atoms with Gasteiger partial charge >= 0.3 is 0 Å². The van der Waals surface area contributed by atoms with E-state index in [9.17, 15) is 29.9 Å². The molecule has 1 atom stereocenters. The van der Waals surface area contributed by atoms with Gasteiger partial charge in [0.1, 0.15) is 29.5 Å². The number of phenolic OH excluding ortho intramolecular Hbond substituents is 1. The second kappa shape index (κ2) is 19.9. The van der Waals surface area contributed by atoms with Crippen LogP contribution in [0, 0.1) is 30.9 Å². The molecule has 0 spiro atoms. The fourth-order valence-corrected chi connectivity index (χ4v) is 11.8. The van der Waals surface area contributed by atoms with Gasteiger partial charge in [-0.2, -0.15) is 0 Å². The summed E-state index contributed by atoms with van der Waals surface area (Å²) in [5, 5.41) is 43.2. The highest BCUT2D eigenvalue weighted by molar-refractivity contribution is 5.99. The summed E-state index contributed by atoms with van der Waals surface area (Å²) >= 11 is 0. The number of nitrogens with one attached hydrogen (secondary N) is 2. The third-order valence-corrected chi connectivity index (χ3v) is 15.9. The van der Waals surface area contributed by atoms with Crippen LogP contribution < -0.4 is 45.3 Å². The molecule has 0 aromatic heterocycles. The summed E-state index contributed by atoms with van der Waals surface area (Å²) in [4.78, 5) is 39.2. The summed E-state index contributed by atoms with van der Waals surface area (Å²) in [5.41, 5.74) is 10.9. The number of carboxylic acid groups (broad SMARTS) is 1. The second-order valence-corrected chi connectivity index (χ2v) is 21.9. The van der Waals surface area contributed by atoms with Crippen molar-refractivity contribution in [2.75, 3.05) is 31.1 Å². The summed E-state index contributed by atoms with van der Waals surface area (Å²) in [7, 11) is 0. The quantitative estimate of drug-likeness (QED) is 0.0369. The third-order valence-electron chi connectivity index (χ3n) is 15.9. The molecule has 4 heterocycles. The SMILES string of the molecule is CC1=CC(C)(C)N(CCc2ccc([N+](=O)[O-])cc2)c2cc3c(cc21)C(c1ccccc1C(=O)[O-])=c1cc2c(cc1O3)=[N+](CCCCCC(=O)NCCNC1(C)CCc3c(C)c(O)c(C)c(C)c3O1)C(C)(C)C=C2C. The minimum Gasteiger partial charge on any atom is -0.545 e. The van der Waals surface area contributed by atoms with Crippen molar-refractivity contribution in [2.24, 2.45) is 0 Å². The molecule has 4 aliphatic rings. The number of phenols is 1. The Kier molecular flexibility index (Phi) is 13.9. The van der Waals surface area contributed by atoms with Crippen LogP contribution in [0.25, 0.3) is 16.7 Å². The van der Waals surface area contributed by atoms with Gasteiger partial charge in [0.25, 0.3) is 5.69 Å². The van der Waals surface area contributed by atoms with Gasteiger partial charge in [-0.3, -0.25) is 20.2 Å². The lowest BCUT2D eigenvalue weighted by atomic mass is 9.83. The van der Waals surface area contributed by atoms with Crippen LogP contribution in [0.3, 0.4) is 0 Å². The summed E-state index contributed by atoms with van der Waals surface area (Å²) in [6, 6.07) is 22.2. The van der Waals surface area contributed by atoms with Crippen LogP contribution in [0.15, 0.2) is 84.9 Å². The molecule has 0 saturated carbocycles. The number of benzene rings is 5. The molecular formula is C61H69N5O8. The Morgan fingerprint density at radius 3 is 2.27 bits per heavy atom. The third kappa shape index (κ3) is 9.81. The Morgan fingerprint density at radius 2 is 1.54 bits per heavy atom. The molecule has 386 valence electrons. The van der Waals surface area contributed by atoms with Gasteiger partial charge in [0.05, 0.1) is 22.5 Å². The van der Waals surface area contributed by atoms with Gasteiger partial charge in [0.2, 0.25) is 11.3 Å². The van der Waals surface area contributed by atoms with Crippen LogP contribution in [0.5, 0.6) is 23.0 Å². The maximum Gasteiger partial charge on any atom is 0.269 e. The predicted octanol–water partition coefficient (Wildman–Crippen LogP) is 8.88. The first kappa shape index (κ1) is 51.6. The number of allylic oxidation sites excluding steroid dienone is 2. The molecule has 13 nitrogen and oxygen atoms in total. The lowest BCUT2D eigenvalue weighted by molar-refractivity contribution is -0.384. The first-order valence-electron chi connectivity index (χ1n) is 26.0. The van der Waals surface area contributed by atoms with Crippen LogP contribution in [0.4, 0.5) is 11.4 Å². The topological polar surface area (TPSA) is 169 Å². The summed E-state index contributed by atoms with van der Waals surface area (Å²) in [6.45, 7) is 23.3. The van der Waals surface area contributed by atoms with Gasteiger partial charge in [-0.25, -0.2) is 4.58 Å². The van der Waals surface area contributed by atoms with E-state index in [1.165, 1.54) is 0 Å². The highest BCUT2D eigenvalue weighted by Crippen LogP contribution is 2.47. The molecule has 9 rings (SSSR count). The van der Waals surface area contributed by atoms with Crippen LogP contribution in [-0.2, 0) is 17.6 Å². The Hall–Kier alpha value is -7.25. The van der Waals surface area contributed by atoms with E-state index >= 15 is 0 Å². The van der Waals surface area contributed by atoms with E-state index in [4.69, 9.17) is 9.47 Å². The molecule has 3 N–H and O–H groups in total.